The molecule has 26 heavy (non-hydrogen) atoms. The van der Waals surface area contributed by atoms with Crippen LogP contribution in [0, 0.1) is 0 Å². The molecular weight excluding hydrogens is 350 g/mol. The van der Waals surface area contributed by atoms with E-state index in [2.05, 4.69) is 20.6 Å². The van der Waals surface area contributed by atoms with Gasteiger partial charge < -0.3 is 5.32 Å². The van der Waals surface area contributed by atoms with E-state index in [-0.39, 0.29) is 6.03 Å². The molecule has 4 aromatic rings. The van der Waals surface area contributed by atoms with Crippen LogP contribution in [0.1, 0.15) is 0 Å². The number of hydrogen-bond donors (Lipinski definition) is 2. The fraction of sp³-hybridized carbons (Fsp3) is 0. The second-order valence-corrected chi connectivity index (χ2v) is 6.00. The topological polar surface area (TPSA) is 71.3 Å². The fourth-order valence-electron chi connectivity index (χ4n) is 2.63. The van der Waals surface area contributed by atoms with E-state index in [4.69, 9.17) is 11.6 Å². The summed E-state index contributed by atoms with van der Waals surface area (Å²) in [5.41, 5.74) is 2.92. The summed E-state index contributed by atoms with van der Waals surface area (Å²) >= 11 is 5.87. The highest BCUT2D eigenvalue weighted by Gasteiger charge is 2.16. The van der Waals surface area contributed by atoms with Gasteiger partial charge in [0.1, 0.15) is 17.2 Å². The van der Waals surface area contributed by atoms with Crippen molar-refractivity contribution < 1.29 is 4.79 Å². The van der Waals surface area contributed by atoms with Crippen molar-refractivity contribution in [3.63, 3.8) is 0 Å². The van der Waals surface area contributed by atoms with Crippen LogP contribution < -0.4 is 10.6 Å². The molecule has 0 aliphatic rings. The summed E-state index contributed by atoms with van der Waals surface area (Å²) in [5, 5.41) is 6.29. The number of benzene rings is 1. The van der Waals surface area contributed by atoms with Crippen molar-refractivity contribution in [2.75, 3.05) is 10.6 Å². The van der Waals surface area contributed by atoms with E-state index in [1.54, 1.807) is 36.7 Å². The molecule has 4 rings (SSSR count). The minimum Gasteiger partial charge on any atom is -0.308 e. The zero-order chi connectivity index (χ0) is 17.9. The monoisotopic (exact) mass is 363 g/mol. The first-order valence-electron chi connectivity index (χ1n) is 7.92. The lowest BCUT2D eigenvalue weighted by molar-refractivity contribution is 0.262. The smallest absolute Gasteiger partial charge is 0.308 e. The van der Waals surface area contributed by atoms with E-state index in [9.17, 15) is 4.79 Å². The van der Waals surface area contributed by atoms with Crippen molar-refractivity contribution in [2.24, 2.45) is 0 Å². The molecule has 0 spiro atoms. The highest BCUT2D eigenvalue weighted by molar-refractivity contribution is 6.30. The number of rotatable bonds is 3. The molecule has 0 aliphatic heterocycles. The lowest BCUT2D eigenvalue weighted by Gasteiger charge is -2.09. The van der Waals surface area contributed by atoms with Crippen LogP contribution in [0.5, 0.6) is 0 Å². The lowest BCUT2D eigenvalue weighted by Crippen LogP contribution is -2.20. The predicted octanol–water partition coefficient (Wildman–Crippen LogP) is 4.69. The van der Waals surface area contributed by atoms with Gasteiger partial charge in [0.25, 0.3) is 0 Å². The van der Waals surface area contributed by atoms with E-state index in [1.807, 2.05) is 40.9 Å². The Morgan fingerprint density at radius 2 is 1.73 bits per heavy atom. The summed E-state index contributed by atoms with van der Waals surface area (Å²) in [6, 6.07) is 15.9. The molecule has 0 bridgehead atoms. The number of urea groups is 1. The third-order valence-electron chi connectivity index (χ3n) is 3.82. The number of aromatic nitrogens is 3. The van der Waals surface area contributed by atoms with Crippen LogP contribution in [0.2, 0.25) is 5.02 Å². The highest BCUT2D eigenvalue weighted by Crippen LogP contribution is 2.28. The van der Waals surface area contributed by atoms with Crippen molar-refractivity contribution in [1.29, 1.82) is 0 Å². The van der Waals surface area contributed by atoms with Gasteiger partial charge >= 0.3 is 6.03 Å². The van der Waals surface area contributed by atoms with Gasteiger partial charge in [-0.25, -0.2) is 9.78 Å². The number of imidazole rings is 1. The molecule has 128 valence electrons. The van der Waals surface area contributed by atoms with Gasteiger partial charge in [0.05, 0.1) is 0 Å². The van der Waals surface area contributed by atoms with Crippen LogP contribution in [0.15, 0.2) is 73.2 Å². The van der Waals surface area contributed by atoms with E-state index in [1.165, 1.54) is 0 Å². The van der Waals surface area contributed by atoms with Crippen LogP contribution in [-0.2, 0) is 0 Å². The molecule has 3 aromatic heterocycles. The Morgan fingerprint density at radius 3 is 2.50 bits per heavy atom. The highest BCUT2D eigenvalue weighted by atomic mass is 35.5. The van der Waals surface area contributed by atoms with Crippen molar-refractivity contribution in [3.05, 3.63) is 78.2 Å². The summed E-state index contributed by atoms with van der Waals surface area (Å²) in [6.07, 6.45) is 5.23. The van der Waals surface area contributed by atoms with Crippen molar-refractivity contribution in [3.8, 4) is 11.3 Å². The van der Waals surface area contributed by atoms with Gasteiger partial charge in [0.15, 0.2) is 0 Å². The van der Waals surface area contributed by atoms with Gasteiger partial charge in [-0.2, -0.15) is 0 Å². The molecule has 1 aromatic carbocycles. The second kappa shape index (κ2) is 6.85. The molecule has 0 saturated heterocycles. The summed E-state index contributed by atoms with van der Waals surface area (Å²) < 4.78 is 1.83. The average Bonchev–Trinajstić information content (AvgIpc) is 3.03. The number of carbonyl (C=O) groups excluding carboxylic acids is 1. The van der Waals surface area contributed by atoms with Crippen LogP contribution in [0.4, 0.5) is 16.3 Å². The van der Waals surface area contributed by atoms with E-state index >= 15 is 0 Å². The maximum atomic E-state index is 12.5. The van der Waals surface area contributed by atoms with E-state index in [0.717, 1.165) is 11.2 Å². The first-order valence-corrected chi connectivity index (χ1v) is 8.29. The molecule has 0 radical (unpaired) electrons. The van der Waals surface area contributed by atoms with Crippen LogP contribution in [0.3, 0.4) is 0 Å². The van der Waals surface area contributed by atoms with Crippen molar-refractivity contribution in [1.82, 2.24) is 14.4 Å². The minimum atomic E-state index is -0.367. The van der Waals surface area contributed by atoms with Crippen molar-refractivity contribution >= 4 is 34.8 Å². The SMILES string of the molecule is O=C(Nc1ccc(Cl)cc1)Nc1c(-c2ccncc2)nc2ccccn12. The molecular formula is C19H14ClN5O. The quantitative estimate of drug-likeness (QED) is 0.554. The molecule has 2 N–H and O–H groups in total. The Morgan fingerprint density at radius 1 is 0.962 bits per heavy atom. The number of hydrogen-bond acceptors (Lipinski definition) is 3. The maximum absolute atomic E-state index is 12.5. The Kier molecular flexibility index (Phi) is 4.25. The minimum absolute atomic E-state index is 0.367. The number of halogens is 1. The molecule has 0 unspecified atom stereocenters. The first-order chi connectivity index (χ1) is 12.7. The normalized spacial score (nSPS) is 10.7. The average molecular weight is 364 g/mol. The van der Waals surface area contributed by atoms with Gasteiger partial charge in [0.2, 0.25) is 0 Å². The second-order valence-electron chi connectivity index (χ2n) is 5.56. The third-order valence-corrected chi connectivity index (χ3v) is 4.07. The standard InChI is InChI=1S/C19H14ClN5O/c20-14-4-6-15(7-5-14)22-19(26)24-18-17(13-8-10-21-11-9-13)23-16-3-1-2-12-25(16)18/h1-12H,(H2,22,24,26). The number of carbonyl (C=O) groups is 1. The molecule has 3 heterocycles. The number of nitrogens with zero attached hydrogens (tertiary/aromatic N) is 3. The summed E-state index contributed by atoms with van der Waals surface area (Å²) in [6.45, 7) is 0. The summed E-state index contributed by atoms with van der Waals surface area (Å²) in [7, 11) is 0. The number of pyridine rings is 2. The zero-order valence-electron chi connectivity index (χ0n) is 13.6. The fourth-order valence-corrected chi connectivity index (χ4v) is 2.76. The molecule has 0 fully saturated rings. The molecule has 2 amide bonds. The number of anilines is 2. The first kappa shape index (κ1) is 16.1. The van der Waals surface area contributed by atoms with E-state index in [0.29, 0.717) is 22.2 Å². The zero-order valence-corrected chi connectivity index (χ0v) is 14.3. The molecule has 6 nitrogen and oxygen atoms in total. The van der Waals surface area contributed by atoms with Crippen LogP contribution in [-0.4, -0.2) is 20.4 Å². The Labute approximate surface area is 154 Å². The Hall–Kier alpha value is -3.38. The van der Waals surface area contributed by atoms with E-state index < -0.39 is 0 Å². The molecule has 0 aliphatic carbocycles. The third kappa shape index (κ3) is 3.22. The van der Waals surface area contributed by atoms with Gasteiger partial charge in [0, 0.05) is 34.9 Å². The summed E-state index contributed by atoms with van der Waals surface area (Å²) in [4.78, 5) is 21.1. The van der Waals surface area contributed by atoms with Crippen LogP contribution >= 0.6 is 11.6 Å². The van der Waals surface area contributed by atoms with Gasteiger partial charge in [-0.3, -0.25) is 14.7 Å². The maximum Gasteiger partial charge on any atom is 0.324 e. The number of fused-ring (bicyclic) bond motifs is 1. The largest absolute Gasteiger partial charge is 0.324 e. The van der Waals surface area contributed by atoms with Gasteiger partial charge in [-0.05, 0) is 48.5 Å². The van der Waals surface area contributed by atoms with Gasteiger partial charge in [-0.1, -0.05) is 17.7 Å². The summed E-state index contributed by atoms with van der Waals surface area (Å²) in [5.74, 6) is 0.582. The predicted molar refractivity (Wildman–Crippen MR) is 103 cm³/mol. The van der Waals surface area contributed by atoms with Crippen LogP contribution in [0.25, 0.3) is 16.9 Å². The molecule has 7 heteroatoms. The molecule has 0 saturated carbocycles. The number of amides is 2. The van der Waals surface area contributed by atoms with Gasteiger partial charge in [-0.15, -0.1) is 0 Å². The van der Waals surface area contributed by atoms with Crippen molar-refractivity contribution in [2.45, 2.75) is 0 Å². The lowest BCUT2D eigenvalue weighted by atomic mass is 10.2. The molecule has 0 atom stereocenters. The Balaban J connectivity index is 1.68. The Bertz CT molecular complexity index is 1060. The number of nitrogens with one attached hydrogen (secondary N) is 2.